The Kier molecular flexibility index (Phi) is 6.21. The number of hydrogen-bond donors (Lipinski definition) is 2. The Bertz CT molecular complexity index is 434. The number of urea groups is 1. The zero-order valence-corrected chi connectivity index (χ0v) is 12.0. The van der Waals surface area contributed by atoms with Gasteiger partial charge in [0.25, 0.3) is 0 Å². The van der Waals surface area contributed by atoms with Gasteiger partial charge in [0.1, 0.15) is 5.75 Å². The molecule has 0 aliphatic heterocycles. The van der Waals surface area contributed by atoms with Crippen LogP contribution < -0.4 is 15.4 Å². The number of hydrogen-bond acceptors (Lipinski definition) is 4. The highest BCUT2D eigenvalue weighted by Gasteiger charge is 2.16. The second-order valence-corrected chi connectivity index (χ2v) is 5.20. The van der Waals surface area contributed by atoms with Crippen LogP contribution in [0.1, 0.15) is 13.8 Å². The number of methoxy groups -OCH3 is 1. The number of carbonyl (C=O) groups excluding carboxylic acids is 2. The molecule has 1 aromatic carbocycles. The van der Waals surface area contributed by atoms with Crippen molar-refractivity contribution in [2.24, 2.45) is 0 Å². The van der Waals surface area contributed by atoms with Gasteiger partial charge in [-0.3, -0.25) is 10.1 Å². The van der Waals surface area contributed by atoms with Gasteiger partial charge in [0.05, 0.1) is 12.4 Å². The number of rotatable bonds is 5. The molecule has 0 heterocycles. The fourth-order valence-electron chi connectivity index (χ4n) is 1.33. The highest BCUT2D eigenvalue weighted by molar-refractivity contribution is 8.00. The van der Waals surface area contributed by atoms with Gasteiger partial charge in [0.2, 0.25) is 5.91 Å². The monoisotopic (exact) mass is 282 g/mol. The topological polar surface area (TPSA) is 67.4 Å². The highest BCUT2D eigenvalue weighted by atomic mass is 32.2. The van der Waals surface area contributed by atoms with Gasteiger partial charge in [0, 0.05) is 11.4 Å². The Morgan fingerprint density at radius 1 is 1.32 bits per heavy atom. The Hall–Kier alpha value is -1.69. The van der Waals surface area contributed by atoms with Crippen LogP contribution in [0.3, 0.4) is 0 Å². The summed E-state index contributed by atoms with van der Waals surface area (Å²) in [5, 5.41) is 4.45. The molecule has 5 nitrogen and oxygen atoms in total. The standard InChI is InChI=1S/C13H18N2O3S/c1-4-14-13(17)15-12(16)9(2)19-11-7-5-10(18-3)6-8-11/h5-9H,4H2,1-3H3,(H2,14,15,16,17)/t9-/m0/s1. The number of ether oxygens (including phenoxy) is 1. The first-order valence-electron chi connectivity index (χ1n) is 5.96. The van der Waals surface area contributed by atoms with E-state index < -0.39 is 6.03 Å². The van der Waals surface area contributed by atoms with Crippen LogP contribution in [0.15, 0.2) is 29.2 Å². The van der Waals surface area contributed by atoms with Crippen molar-refractivity contribution in [2.45, 2.75) is 24.0 Å². The lowest BCUT2D eigenvalue weighted by Crippen LogP contribution is -2.42. The van der Waals surface area contributed by atoms with Crippen molar-refractivity contribution in [3.63, 3.8) is 0 Å². The van der Waals surface area contributed by atoms with Crippen LogP contribution in [-0.2, 0) is 4.79 Å². The average Bonchev–Trinajstić information content (AvgIpc) is 2.39. The van der Waals surface area contributed by atoms with Crippen LogP contribution in [0.25, 0.3) is 0 Å². The predicted octanol–water partition coefficient (Wildman–Crippen LogP) is 2.02. The minimum absolute atomic E-state index is 0.313. The average molecular weight is 282 g/mol. The van der Waals surface area contributed by atoms with Crippen LogP contribution in [-0.4, -0.2) is 30.8 Å². The third-order valence-corrected chi connectivity index (χ3v) is 3.43. The smallest absolute Gasteiger partial charge is 0.321 e. The molecule has 0 spiro atoms. The maximum absolute atomic E-state index is 11.7. The van der Waals surface area contributed by atoms with Crippen LogP contribution in [0, 0.1) is 0 Å². The molecule has 1 aromatic rings. The normalized spacial score (nSPS) is 11.5. The molecule has 0 bridgehead atoms. The summed E-state index contributed by atoms with van der Waals surface area (Å²) in [5.74, 6) is 0.454. The molecule has 0 fully saturated rings. The van der Waals surface area contributed by atoms with Gasteiger partial charge in [-0.25, -0.2) is 4.79 Å². The first kappa shape index (κ1) is 15.4. The first-order valence-corrected chi connectivity index (χ1v) is 6.84. The molecule has 0 aromatic heterocycles. The third kappa shape index (κ3) is 5.21. The van der Waals surface area contributed by atoms with E-state index in [2.05, 4.69) is 10.6 Å². The molecular weight excluding hydrogens is 264 g/mol. The number of thioether (sulfide) groups is 1. The van der Waals surface area contributed by atoms with Crippen LogP contribution >= 0.6 is 11.8 Å². The quantitative estimate of drug-likeness (QED) is 0.811. The molecule has 19 heavy (non-hydrogen) atoms. The molecule has 0 aliphatic rings. The molecule has 0 radical (unpaired) electrons. The largest absolute Gasteiger partial charge is 0.497 e. The van der Waals surface area contributed by atoms with Crippen LogP contribution in [0.4, 0.5) is 4.79 Å². The van der Waals surface area contributed by atoms with Crippen LogP contribution in [0.5, 0.6) is 5.75 Å². The minimum atomic E-state index is -0.463. The zero-order chi connectivity index (χ0) is 14.3. The predicted molar refractivity (Wildman–Crippen MR) is 75.5 cm³/mol. The molecule has 6 heteroatoms. The Morgan fingerprint density at radius 3 is 2.47 bits per heavy atom. The van der Waals surface area contributed by atoms with Crippen molar-refractivity contribution in [1.29, 1.82) is 0 Å². The van der Waals surface area contributed by atoms with E-state index in [9.17, 15) is 9.59 Å². The van der Waals surface area contributed by atoms with E-state index in [0.29, 0.717) is 6.54 Å². The fourth-order valence-corrected chi connectivity index (χ4v) is 2.20. The maximum Gasteiger partial charge on any atom is 0.321 e. The van der Waals surface area contributed by atoms with E-state index in [-0.39, 0.29) is 11.2 Å². The molecular formula is C13H18N2O3S. The first-order chi connectivity index (χ1) is 9.06. The summed E-state index contributed by atoms with van der Waals surface area (Å²) in [5.41, 5.74) is 0. The summed E-state index contributed by atoms with van der Waals surface area (Å²) in [6, 6.07) is 6.95. The molecule has 0 unspecified atom stereocenters. The van der Waals surface area contributed by atoms with Crippen LogP contribution in [0.2, 0.25) is 0 Å². The van der Waals surface area contributed by atoms with Gasteiger partial charge >= 0.3 is 6.03 Å². The van der Waals surface area contributed by atoms with Gasteiger partial charge in [0.15, 0.2) is 0 Å². The Labute approximate surface area is 117 Å². The fraction of sp³-hybridized carbons (Fsp3) is 0.385. The lowest BCUT2D eigenvalue weighted by atomic mass is 10.3. The number of nitrogens with one attached hydrogen (secondary N) is 2. The van der Waals surface area contributed by atoms with Crippen molar-refractivity contribution in [3.8, 4) is 5.75 Å². The summed E-state index contributed by atoms with van der Waals surface area (Å²) >= 11 is 1.38. The van der Waals surface area contributed by atoms with Gasteiger partial charge in [-0.2, -0.15) is 0 Å². The second-order valence-electron chi connectivity index (χ2n) is 3.78. The van der Waals surface area contributed by atoms with E-state index in [4.69, 9.17) is 4.74 Å². The van der Waals surface area contributed by atoms with Crippen molar-refractivity contribution >= 4 is 23.7 Å². The van der Waals surface area contributed by atoms with Gasteiger partial charge in [-0.05, 0) is 38.1 Å². The van der Waals surface area contributed by atoms with Gasteiger partial charge in [-0.15, -0.1) is 11.8 Å². The van der Waals surface area contributed by atoms with E-state index in [1.807, 2.05) is 24.3 Å². The number of carbonyl (C=O) groups is 2. The molecule has 0 aliphatic carbocycles. The van der Waals surface area contributed by atoms with Crippen molar-refractivity contribution in [3.05, 3.63) is 24.3 Å². The lowest BCUT2D eigenvalue weighted by Gasteiger charge is -2.11. The Morgan fingerprint density at radius 2 is 1.95 bits per heavy atom. The molecule has 0 saturated heterocycles. The second kappa shape index (κ2) is 7.68. The van der Waals surface area contributed by atoms with Crippen molar-refractivity contribution < 1.29 is 14.3 Å². The summed E-state index contributed by atoms with van der Waals surface area (Å²) in [7, 11) is 1.60. The van der Waals surface area contributed by atoms with Gasteiger partial charge in [-0.1, -0.05) is 0 Å². The summed E-state index contributed by atoms with van der Waals surface area (Å²) in [6.07, 6.45) is 0. The van der Waals surface area contributed by atoms with E-state index in [1.54, 1.807) is 21.0 Å². The Balaban J connectivity index is 2.50. The SMILES string of the molecule is CCNC(=O)NC(=O)[C@H](C)Sc1ccc(OC)cc1. The third-order valence-electron chi connectivity index (χ3n) is 2.32. The van der Waals surface area contributed by atoms with Gasteiger partial charge < -0.3 is 10.1 Å². The minimum Gasteiger partial charge on any atom is -0.497 e. The summed E-state index contributed by atoms with van der Waals surface area (Å²) < 4.78 is 5.06. The van der Waals surface area contributed by atoms with E-state index in [0.717, 1.165) is 10.6 Å². The number of amides is 3. The summed E-state index contributed by atoms with van der Waals surface area (Å²) in [4.78, 5) is 23.9. The van der Waals surface area contributed by atoms with Crippen molar-refractivity contribution in [2.75, 3.05) is 13.7 Å². The highest BCUT2D eigenvalue weighted by Crippen LogP contribution is 2.25. The molecule has 1 atom stereocenters. The number of benzene rings is 1. The molecule has 2 N–H and O–H groups in total. The lowest BCUT2D eigenvalue weighted by molar-refractivity contribution is -0.119. The maximum atomic E-state index is 11.7. The molecule has 0 saturated carbocycles. The van der Waals surface area contributed by atoms with Crippen molar-refractivity contribution in [1.82, 2.24) is 10.6 Å². The molecule has 3 amide bonds. The zero-order valence-electron chi connectivity index (χ0n) is 11.2. The van der Waals surface area contributed by atoms with E-state index in [1.165, 1.54) is 11.8 Å². The molecule has 1 rings (SSSR count). The molecule has 104 valence electrons. The number of imide groups is 1. The summed E-state index contributed by atoms with van der Waals surface area (Å²) in [6.45, 7) is 4.03. The van der Waals surface area contributed by atoms with E-state index >= 15 is 0 Å².